The van der Waals surface area contributed by atoms with E-state index >= 15 is 0 Å². The van der Waals surface area contributed by atoms with Gasteiger partial charge in [-0.25, -0.2) is 23.4 Å². The Morgan fingerprint density at radius 2 is 1.84 bits per heavy atom. The fourth-order valence-electron chi connectivity index (χ4n) is 2.87. The molecule has 31 heavy (non-hydrogen) atoms. The number of nitrogens with zero attached hydrogens (tertiary/aromatic N) is 4. The van der Waals surface area contributed by atoms with Crippen LogP contribution in [0.2, 0.25) is 0 Å². The molecule has 0 bridgehead atoms. The van der Waals surface area contributed by atoms with Crippen LogP contribution in [0.4, 0.5) is 5.69 Å². The average molecular weight is 437 g/mol. The Hall–Kier alpha value is -3.92. The summed E-state index contributed by atoms with van der Waals surface area (Å²) in [5.41, 5.74) is 1.14. The molecule has 0 saturated carbocycles. The topological polar surface area (TPSA) is 108 Å². The van der Waals surface area contributed by atoms with Crippen molar-refractivity contribution in [2.75, 3.05) is 11.8 Å². The molecule has 2 aromatic heterocycles. The highest BCUT2D eigenvalue weighted by Gasteiger charge is 2.16. The molecule has 10 heteroatoms. The number of aryl methyl sites for hydroxylation is 1. The summed E-state index contributed by atoms with van der Waals surface area (Å²) in [7, 11) is -2.20. The zero-order valence-corrected chi connectivity index (χ0v) is 17.6. The normalized spacial score (nSPS) is 11.2. The number of methoxy groups -OCH3 is 1. The molecule has 4 rings (SSSR count). The summed E-state index contributed by atoms with van der Waals surface area (Å²) in [6.07, 6.45) is 6.42. The summed E-state index contributed by atoms with van der Waals surface area (Å²) < 4.78 is 40.6. The second kappa shape index (κ2) is 8.44. The van der Waals surface area contributed by atoms with Crippen LogP contribution in [-0.4, -0.2) is 35.0 Å². The van der Waals surface area contributed by atoms with Crippen LogP contribution in [0.5, 0.6) is 17.4 Å². The summed E-state index contributed by atoms with van der Waals surface area (Å²) in [5, 5.41) is 0. The van der Waals surface area contributed by atoms with Gasteiger partial charge in [-0.1, -0.05) is 0 Å². The summed E-state index contributed by atoms with van der Waals surface area (Å²) in [6, 6.07) is 12.9. The lowest BCUT2D eigenvalue weighted by molar-refractivity contribution is 0.411. The third kappa shape index (κ3) is 4.64. The lowest BCUT2D eigenvalue weighted by atomic mass is 10.2. The first-order valence-corrected chi connectivity index (χ1v) is 10.7. The third-order valence-electron chi connectivity index (χ3n) is 4.40. The van der Waals surface area contributed by atoms with E-state index in [-0.39, 0.29) is 4.90 Å². The molecule has 158 valence electrons. The molecule has 0 aliphatic heterocycles. The van der Waals surface area contributed by atoms with Gasteiger partial charge in [0.05, 0.1) is 12.0 Å². The van der Waals surface area contributed by atoms with Gasteiger partial charge in [0.1, 0.15) is 30.0 Å². The van der Waals surface area contributed by atoms with Gasteiger partial charge in [-0.15, -0.1) is 0 Å². The Bertz CT molecular complexity index is 1290. The highest BCUT2D eigenvalue weighted by atomic mass is 32.2. The number of sulfonamides is 1. The average Bonchev–Trinajstić information content (AvgIpc) is 3.30. The first-order valence-electron chi connectivity index (χ1n) is 9.20. The molecular formula is C21H19N5O4S. The van der Waals surface area contributed by atoms with Gasteiger partial charge in [-0.2, -0.15) is 0 Å². The lowest BCUT2D eigenvalue weighted by Gasteiger charge is -2.11. The van der Waals surface area contributed by atoms with Gasteiger partial charge < -0.3 is 9.47 Å². The first kappa shape index (κ1) is 20.4. The number of nitrogens with one attached hydrogen (secondary N) is 1. The number of hydrogen-bond acceptors (Lipinski definition) is 7. The van der Waals surface area contributed by atoms with Gasteiger partial charge in [-0.3, -0.25) is 9.29 Å². The molecule has 0 aliphatic carbocycles. The maximum Gasteiger partial charge on any atom is 0.261 e. The standard InChI is InChI=1S/C21H19N5O4S/c1-15-11-18(7-8-19(15)29-2)31(27,28)25-16-3-5-17(6-4-16)30-21-12-20(23-13-24-21)26-10-9-22-14-26/h3-14,25H,1-2H3. The van der Waals surface area contributed by atoms with Crippen LogP contribution in [0, 0.1) is 6.92 Å². The van der Waals surface area contributed by atoms with E-state index in [1.165, 1.54) is 12.4 Å². The first-order chi connectivity index (χ1) is 14.9. The SMILES string of the molecule is COc1ccc(S(=O)(=O)Nc2ccc(Oc3cc(-n4ccnc4)ncn3)cc2)cc1C. The molecule has 0 saturated heterocycles. The van der Waals surface area contributed by atoms with Gasteiger partial charge in [0.15, 0.2) is 0 Å². The van der Waals surface area contributed by atoms with Crippen molar-refractivity contribution in [3.05, 3.63) is 79.1 Å². The zero-order valence-electron chi connectivity index (χ0n) is 16.8. The summed E-state index contributed by atoms with van der Waals surface area (Å²) in [5.74, 6) is 2.09. The molecule has 2 heterocycles. The minimum atomic E-state index is -3.74. The van der Waals surface area contributed by atoms with E-state index in [9.17, 15) is 8.42 Å². The van der Waals surface area contributed by atoms with Crippen LogP contribution in [0.1, 0.15) is 5.56 Å². The van der Waals surface area contributed by atoms with Crippen molar-refractivity contribution < 1.29 is 17.9 Å². The van der Waals surface area contributed by atoms with Gasteiger partial charge in [-0.05, 0) is 55.0 Å². The summed E-state index contributed by atoms with van der Waals surface area (Å²) >= 11 is 0. The number of aromatic nitrogens is 4. The predicted octanol–water partition coefficient (Wildman–Crippen LogP) is 3.57. The van der Waals surface area contributed by atoms with Crippen molar-refractivity contribution in [2.24, 2.45) is 0 Å². The Labute approximate surface area is 179 Å². The van der Waals surface area contributed by atoms with Gasteiger partial charge >= 0.3 is 0 Å². The van der Waals surface area contributed by atoms with Crippen LogP contribution in [0.15, 0.2) is 78.5 Å². The molecule has 1 N–H and O–H groups in total. The van der Waals surface area contributed by atoms with Crippen molar-refractivity contribution in [2.45, 2.75) is 11.8 Å². The lowest BCUT2D eigenvalue weighted by Crippen LogP contribution is -2.13. The quantitative estimate of drug-likeness (QED) is 0.471. The van der Waals surface area contributed by atoms with E-state index in [1.807, 2.05) is 0 Å². The van der Waals surface area contributed by atoms with Crippen molar-refractivity contribution in [1.29, 1.82) is 0 Å². The number of imidazole rings is 1. The van der Waals surface area contributed by atoms with Crippen molar-refractivity contribution >= 4 is 15.7 Å². The molecule has 4 aromatic rings. The minimum Gasteiger partial charge on any atom is -0.496 e. The molecule has 2 aromatic carbocycles. The van der Waals surface area contributed by atoms with E-state index in [2.05, 4.69) is 19.7 Å². The van der Waals surface area contributed by atoms with Crippen LogP contribution < -0.4 is 14.2 Å². The second-order valence-corrected chi connectivity index (χ2v) is 8.23. The Balaban J connectivity index is 1.47. The molecule has 0 radical (unpaired) electrons. The molecule has 9 nitrogen and oxygen atoms in total. The van der Waals surface area contributed by atoms with Crippen LogP contribution >= 0.6 is 0 Å². The molecule has 0 fully saturated rings. The number of ether oxygens (including phenoxy) is 2. The molecule has 0 unspecified atom stereocenters. The van der Waals surface area contributed by atoms with Crippen LogP contribution in [0.25, 0.3) is 5.82 Å². The Morgan fingerprint density at radius 1 is 1.03 bits per heavy atom. The smallest absolute Gasteiger partial charge is 0.261 e. The number of rotatable bonds is 7. The fourth-order valence-corrected chi connectivity index (χ4v) is 4.01. The highest BCUT2D eigenvalue weighted by molar-refractivity contribution is 7.92. The maximum atomic E-state index is 12.7. The molecule has 0 amide bonds. The van der Waals surface area contributed by atoms with Gasteiger partial charge in [0, 0.05) is 24.1 Å². The van der Waals surface area contributed by atoms with E-state index < -0.39 is 10.0 Å². The van der Waals surface area contributed by atoms with E-state index in [0.29, 0.717) is 28.9 Å². The zero-order chi connectivity index (χ0) is 21.8. The van der Waals surface area contributed by atoms with Crippen LogP contribution in [0.3, 0.4) is 0 Å². The van der Waals surface area contributed by atoms with E-state index in [4.69, 9.17) is 9.47 Å². The number of benzene rings is 2. The third-order valence-corrected chi connectivity index (χ3v) is 5.78. The number of anilines is 1. The van der Waals surface area contributed by atoms with Gasteiger partial charge in [0.25, 0.3) is 10.0 Å². The van der Waals surface area contributed by atoms with Crippen molar-refractivity contribution in [1.82, 2.24) is 19.5 Å². The van der Waals surface area contributed by atoms with E-state index in [1.54, 1.807) is 79.8 Å². The summed E-state index contributed by atoms with van der Waals surface area (Å²) in [6.45, 7) is 1.79. The molecule has 0 spiro atoms. The Morgan fingerprint density at radius 3 is 2.52 bits per heavy atom. The number of hydrogen-bond donors (Lipinski definition) is 1. The maximum absolute atomic E-state index is 12.7. The monoisotopic (exact) mass is 437 g/mol. The van der Waals surface area contributed by atoms with Crippen LogP contribution in [-0.2, 0) is 10.0 Å². The fraction of sp³-hybridized carbons (Fsp3) is 0.0952. The van der Waals surface area contributed by atoms with Crippen molar-refractivity contribution in [3.63, 3.8) is 0 Å². The minimum absolute atomic E-state index is 0.152. The second-order valence-electron chi connectivity index (χ2n) is 6.55. The van der Waals surface area contributed by atoms with E-state index in [0.717, 1.165) is 5.56 Å². The summed E-state index contributed by atoms with van der Waals surface area (Å²) in [4.78, 5) is 12.4. The van der Waals surface area contributed by atoms with Crippen molar-refractivity contribution in [3.8, 4) is 23.2 Å². The largest absolute Gasteiger partial charge is 0.496 e. The predicted molar refractivity (Wildman–Crippen MR) is 114 cm³/mol. The Kier molecular flexibility index (Phi) is 5.54. The van der Waals surface area contributed by atoms with Gasteiger partial charge in [0.2, 0.25) is 5.88 Å². The highest BCUT2D eigenvalue weighted by Crippen LogP contribution is 2.25. The molecule has 0 aliphatic rings. The molecule has 0 atom stereocenters. The molecular weight excluding hydrogens is 418 g/mol.